The number of benzene rings is 3. The number of likely N-dealkylation sites (N-methyl/N-ethyl adjacent to an activating group) is 1. The van der Waals surface area contributed by atoms with E-state index in [1.807, 2.05) is 91.9 Å². The molecule has 0 saturated carbocycles. The van der Waals surface area contributed by atoms with Crippen LogP contribution in [0.25, 0.3) is 0 Å². The Bertz CT molecular complexity index is 1220. The molecule has 3 amide bonds. The smallest absolute Gasteiger partial charge is 0.408 e. The molecule has 0 fully saturated rings. The first-order valence-electron chi connectivity index (χ1n) is 12.7. The van der Waals surface area contributed by atoms with E-state index in [1.165, 1.54) is 4.90 Å². The Morgan fingerprint density at radius 2 is 1.47 bits per heavy atom. The maximum Gasteiger partial charge on any atom is 0.408 e. The van der Waals surface area contributed by atoms with Gasteiger partial charge in [0, 0.05) is 20.0 Å². The molecule has 2 unspecified atom stereocenters. The number of nitrogens with zero attached hydrogens (tertiary/aromatic N) is 1. The predicted octanol–water partition coefficient (Wildman–Crippen LogP) is 4.95. The monoisotopic (exact) mass is 515 g/mol. The minimum absolute atomic E-state index is 0.245. The first-order chi connectivity index (χ1) is 18.0. The predicted molar refractivity (Wildman–Crippen MR) is 148 cm³/mol. The zero-order valence-corrected chi connectivity index (χ0v) is 22.7. The van der Waals surface area contributed by atoms with Crippen molar-refractivity contribution in [2.75, 3.05) is 7.05 Å². The van der Waals surface area contributed by atoms with Crippen molar-refractivity contribution >= 4 is 17.9 Å². The second kappa shape index (κ2) is 12.9. The van der Waals surface area contributed by atoms with Crippen LogP contribution >= 0.6 is 0 Å². The van der Waals surface area contributed by atoms with E-state index in [0.29, 0.717) is 12.1 Å². The Morgan fingerprint density at radius 3 is 2.05 bits per heavy atom. The number of hydrogen-bond acceptors (Lipinski definition) is 4. The van der Waals surface area contributed by atoms with Crippen molar-refractivity contribution in [2.45, 2.75) is 58.3 Å². The van der Waals surface area contributed by atoms with Crippen LogP contribution in [0.15, 0.2) is 84.9 Å². The maximum atomic E-state index is 13.9. The normalized spacial score (nSPS) is 12.7. The Labute approximate surface area is 225 Å². The molecular weight excluding hydrogens is 478 g/mol. The summed E-state index contributed by atoms with van der Waals surface area (Å²) in [4.78, 5) is 41.5. The molecule has 0 aromatic heterocycles. The van der Waals surface area contributed by atoms with E-state index in [-0.39, 0.29) is 12.3 Å². The van der Waals surface area contributed by atoms with E-state index in [4.69, 9.17) is 4.74 Å². The average molecular weight is 516 g/mol. The highest BCUT2D eigenvalue weighted by Crippen LogP contribution is 2.23. The van der Waals surface area contributed by atoms with Crippen molar-refractivity contribution in [1.29, 1.82) is 0 Å². The summed E-state index contributed by atoms with van der Waals surface area (Å²) in [7, 11) is 1.59. The molecule has 0 bridgehead atoms. The number of carbonyl (C=O) groups excluding carboxylic acids is 3. The Kier molecular flexibility index (Phi) is 9.66. The number of amides is 3. The van der Waals surface area contributed by atoms with Crippen molar-refractivity contribution in [3.63, 3.8) is 0 Å². The summed E-state index contributed by atoms with van der Waals surface area (Å²) in [5, 5.41) is 5.70. The van der Waals surface area contributed by atoms with Crippen LogP contribution in [0.2, 0.25) is 0 Å². The molecule has 200 valence electrons. The summed E-state index contributed by atoms with van der Waals surface area (Å²) in [6.07, 6.45) is -0.448. The summed E-state index contributed by atoms with van der Waals surface area (Å²) >= 11 is 0. The molecule has 38 heavy (non-hydrogen) atoms. The van der Waals surface area contributed by atoms with Gasteiger partial charge in [-0.05, 0) is 44.4 Å². The molecule has 7 nitrogen and oxygen atoms in total. The maximum absolute atomic E-state index is 13.9. The highest BCUT2D eigenvalue weighted by Gasteiger charge is 2.34. The van der Waals surface area contributed by atoms with E-state index < -0.39 is 29.7 Å². The minimum Gasteiger partial charge on any atom is -0.444 e. The number of rotatable bonds is 9. The van der Waals surface area contributed by atoms with Gasteiger partial charge in [0.1, 0.15) is 17.7 Å². The fraction of sp³-hybridized carbons (Fsp3) is 0.323. The quantitative estimate of drug-likeness (QED) is 0.422. The number of ether oxygens (including phenoxy) is 1. The van der Waals surface area contributed by atoms with Gasteiger partial charge in [0.2, 0.25) is 11.8 Å². The molecule has 3 rings (SSSR count). The van der Waals surface area contributed by atoms with Gasteiger partial charge in [0.15, 0.2) is 0 Å². The molecule has 0 aliphatic carbocycles. The van der Waals surface area contributed by atoms with Gasteiger partial charge in [-0.25, -0.2) is 4.79 Å². The molecule has 0 radical (unpaired) electrons. The number of carbonyl (C=O) groups is 3. The minimum atomic E-state index is -0.938. The number of hydrogen-bond donors (Lipinski definition) is 2. The number of aryl methyl sites for hydroxylation is 1. The van der Waals surface area contributed by atoms with Crippen molar-refractivity contribution in [1.82, 2.24) is 15.5 Å². The zero-order chi connectivity index (χ0) is 27.7. The molecule has 0 aliphatic rings. The van der Waals surface area contributed by atoms with Gasteiger partial charge in [0.05, 0.1) is 0 Å². The standard InChI is InChI=1S/C31H37N3O4/c1-22-13-12-18-25(19-22)27(28(35)32-21-24-16-10-7-11-17-24)34(5)29(36)26(20-23-14-8-6-9-15-23)33-30(37)38-31(2,3)4/h6-19,26-27H,20-21H2,1-5H3,(H,32,35)(H,33,37). The van der Waals surface area contributed by atoms with Gasteiger partial charge >= 0.3 is 6.09 Å². The second-order valence-electron chi connectivity index (χ2n) is 10.4. The van der Waals surface area contributed by atoms with Gasteiger partial charge in [-0.2, -0.15) is 0 Å². The highest BCUT2D eigenvalue weighted by atomic mass is 16.6. The van der Waals surface area contributed by atoms with Crippen LogP contribution in [0.4, 0.5) is 4.79 Å². The van der Waals surface area contributed by atoms with Gasteiger partial charge < -0.3 is 20.3 Å². The lowest BCUT2D eigenvalue weighted by Crippen LogP contribution is -2.52. The summed E-state index contributed by atoms with van der Waals surface area (Å²) in [6.45, 7) is 7.55. The molecule has 2 N–H and O–H groups in total. The lowest BCUT2D eigenvalue weighted by molar-refractivity contribution is -0.140. The van der Waals surface area contributed by atoms with Crippen LogP contribution < -0.4 is 10.6 Å². The summed E-state index contributed by atoms with van der Waals surface area (Å²) in [6, 6.07) is 24.7. The zero-order valence-electron chi connectivity index (χ0n) is 22.7. The van der Waals surface area contributed by atoms with E-state index in [1.54, 1.807) is 27.8 Å². The first-order valence-corrected chi connectivity index (χ1v) is 12.7. The van der Waals surface area contributed by atoms with Crippen molar-refractivity contribution in [3.05, 3.63) is 107 Å². The molecule has 2 atom stereocenters. The van der Waals surface area contributed by atoms with Crippen molar-refractivity contribution in [3.8, 4) is 0 Å². The number of nitrogens with one attached hydrogen (secondary N) is 2. The van der Waals surface area contributed by atoms with Gasteiger partial charge in [-0.15, -0.1) is 0 Å². The molecule has 7 heteroatoms. The van der Waals surface area contributed by atoms with Crippen LogP contribution in [0.5, 0.6) is 0 Å². The Hall–Kier alpha value is -4.13. The highest BCUT2D eigenvalue weighted by molar-refractivity contribution is 5.92. The van der Waals surface area contributed by atoms with E-state index in [0.717, 1.165) is 16.7 Å². The largest absolute Gasteiger partial charge is 0.444 e. The molecule has 0 aliphatic heterocycles. The van der Waals surface area contributed by atoms with Crippen LogP contribution in [0.3, 0.4) is 0 Å². The van der Waals surface area contributed by atoms with Crippen LogP contribution in [-0.2, 0) is 27.3 Å². The third-order valence-corrected chi connectivity index (χ3v) is 5.92. The fourth-order valence-corrected chi connectivity index (χ4v) is 4.15. The van der Waals surface area contributed by atoms with E-state index in [9.17, 15) is 14.4 Å². The average Bonchev–Trinajstić information content (AvgIpc) is 2.87. The van der Waals surface area contributed by atoms with Gasteiger partial charge in [-0.1, -0.05) is 90.5 Å². The molecule has 0 saturated heterocycles. The van der Waals surface area contributed by atoms with Crippen LogP contribution in [0.1, 0.15) is 49.1 Å². The third-order valence-electron chi connectivity index (χ3n) is 5.92. The fourth-order valence-electron chi connectivity index (χ4n) is 4.15. The Morgan fingerprint density at radius 1 is 0.868 bits per heavy atom. The molecule has 0 heterocycles. The lowest BCUT2D eigenvalue weighted by atomic mass is 9.99. The van der Waals surface area contributed by atoms with E-state index >= 15 is 0 Å². The SMILES string of the molecule is Cc1cccc(C(C(=O)NCc2ccccc2)N(C)C(=O)C(Cc2ccccc2)NC(=O)OC(C)(C)C)c1. The molecule has 0 spiro atoms. The third kappa shape index (κ3) is 8.47. The summed E-state index contributed by atoms with van der Waals surface area (Å²) < 4.78 is 5.43. The molecule has 3 aromatic carbocycles. The summed E-state index contributed by atoms with van der Waals surface area (Å²) in [5.41, 5.74) is 2.75. The van der Waals surface area contributed by atoms with Crippen LogP contribution in [0, 0.1) is 6.92 Å². The van der Waals surface area contributed by atoms with Crippen molar-refractivity contribution < 1.29 is 19.1 Å². The van der Waals surface area contributed by atoms with Gasteiger partial charge in [-0.3, -0.25) is 9.59 Å². The first kappa shape index (κ1) is 28.4. The van der Waals surface area contributed by atoms with E-state index in [2.05, 4.69) is 10.6 Å². The summed E-state index contributed by atoms with van der Waals surface area (Å²) in [5.74, 6) is -0.716. The molecular formula is C31H37N3O4. The second-order valence-corrected chi connectivity index (χ2v) is 10.4. The topological polar surface area (TPSA) is 87.7 Å². The van der Waals surface area contributed by atoms with Crippen molar-refractivity contribution in [2.24, 2.45) is 0 Å². The van der Waals surface area contributed by atoms with Gasteiger partial charge in [0.25, 0.3) is 0 Å². The lowest BCUT2D eigenvalue weighted by Gasteiger charge is -2.32. The molecule has 3 aromatic rings. The number of alkyl carbamates (subject to hydrolysis) is 1. The Balaban J connectivity index is 1.89. The van der Waals surface area contributed by atoms with Crippen LogP contribution in [-0.4, -0.2) is 41.5 Å².